The van der Waals surface area contributed by atoms with Crippen LogP contribution >= 0.6 is 0 Å². The fraction of sp³-hybridized carbons (Fsp3) is 0.500. The van der Waals surface area contributed by atoms with E-state index in [2.05, 4.69) is 41.5 Å². The number of furan rings is 1. The van der Waals surface area contributed by atoms with E-state index in [1.165, 1.54) is 11.3 Å². The maximum Gasteiger partial charge on any atom is 0.191 e. The van der Waals surface area contributed by atoms with Crippen LogP contribution < -0.4 is 10.6 Å². The summed E-state index contributed by atoms with van der Waals surface area (Å²) in [5.74, 6) is 1.65. The number of rotatable bonds is 5. The smallest absolute Gasteiger partial charge is 0.191 e. The zero-order chi connectivity index (χ0) is 16.1. The highest BCUT2D eigenvalue weighted by atomic mass is 16.3. The zero-order valence-electron chi connectivity index (χ0n) is 14.0. The minimum absolute atomic E-state index is 0.254. The SMILES string of the molecule is CN=C(NCc1ccco1)NC(C)Cc1c(C)nn(C)c1C. The van der Waals surface area contributed by atoms with Gasteiger partial charge in [0.1, 0.15) is 5.76 Å². The van der Waals surface area contributed by atoms with E-state index in [1.807, 2.05) is 23.9 Å². The largest absolute Gasteiger partial charge is 0.467 e. The Bertz CT molecular complexity index is 627. The van der Waals surface area contributed by atoms with Crippen LogP contribution in [0.5, 0.6) is 0 Å². The molecule has 0 radical (unpaired) electrons. The molecule has 1 unspecified atom stereocenters. The summed E-state index contributed by atoms with van der Waals surface area (Å²) >= 11 is 0. The van der Waals surface area contributed by atoms with Crippen LogP contribution in [-0.4, -0.2) is 28.8 Å². The molecular formula is C16H25N5O. The normalized spacial score (nSPS) is 13.2. The second kappa shape index (κ2) is 7.15. The van der Waals surface area contributed by atoms with Gasteiger partial charge in [-0.2, -0.15) is 5.10 Å². The lowest BCUT2D eigenvalue weighted by molar-refractivity contribution is 0.500. The predicted octanol–water partition coefficient (Wildman–Crippen LogP) is 1.93. The van der Waals surface area contributed by atoms with Gasteiger partial charge in [-0.05, 0) is 44.9 Å². The number of nitrogens with zero attached hydrogens (tertiary/aromatic N) is 3. The maximum atomic E-state index is 5.31. The molecule has 0 fully saturated rings. The molecule has 6 heteroatoms. The summed E-state index contributed by atoms with van der Waals surface area (Å²) in [7, 11) is 3.75. The summed E-state index contributed by atoms with van der Waals surface area (Å²) in [6.45, 7) is 6.92. The second-order valence-corrected chi connectivity index (χ2v) is 5.53. The third-order valence-electron chi connectivity index (χ3n) is 3.79. The van der Waals surface area contributed by atoms with Crippen molar-refractivity contribution in [1.82, 2.24) is 20.4 Å². The number of aliphatic imine (C=N–C) groups is 1. The van der Waals surface area contributed by atoms with Gasteiger partial charge in [-0.15, -0.1) is 0 Å². The molecule has 2 heterocycles. The fourth-order valence-corrected chi connectivity index (χ4v) is 2.48. The van der Waals surface area contributed by atoms with Crippen molar-refractivity contribution in [2.45, 2.75) is 39.8 Å². The molecule has 0 aliphatic carbocycles. The molecule has 6 nitrogen and oxygen atoms in total. The first-order chi connectivity index (χ1) is 10.5. The predicted molar refractivity (Wildman–Crippen MR) is 87.9 cm³/mol. The van der Waals surface area contributed by atoms with Crippen LogP contribution in [0, 0.1) is 13.8 Å². The molecule has 0 aliphatic rings. The third kappa shape index (κ3) is 3.90. The maximum absolute atomic E-state index is 5.31. The highest BCUT2D eigenvalue weighted by Gasteiger charge is 2.14. The van der Waals surface area contributed by atoms with Crippen LogP contribution in [0.25, 0.3) is 0 Å². The van der Waals surface area contributed by atoms with E-state index >= 15 is 0 Å². The number of hydrogen-bond acceptors (Lipinski definition) is 3. The van der Waals surface area contributed by atoms with Crippen molar-refractivity contribution in [3.8, 4) is 0 Å². The third-order valence-corrected chi connectivity index (χ3v) is 3.79. The molecule has 2 aromatic rings. The van der Waals surface area contributed by atoms with Crippen LogP contribution in [0.4, 0.5) is 0 Å². The molecule has 120 valence electrons. The molecule has 0 bridgehead atoms. The van der Waals surface area contributed by atoms with Gasteiger partial charge < -0.3 is 15.1 Å². The number of nitrogens with one attached hydrogen (secondary N) is 2. The Morgan fingerprint density at radius 3 is 2.77 bits per heavy atom. The van der Waals surface area contributed by atoms with Crippen LogP contribution in [0.15, 0.2) is 27.8 Å². The Balaban J connectivity index is 1.90. The van der Waals surface area contributed by atoms with E-state index in [9.17, 15) is 0 Å². The Morgan fingerprint density at radius 2 is 2.23 bits per heavy atom. The lowest BCUT2D eigenvalue weighted by Gasteiger charge is -2.18. The minimum Gasteiger partial charge on any atom is -0.467 e. The van der Waals surface area contributed by atoms with Crippen LogP contribution in [0.2, 0.25) is 0 Å². The van der Waals surface area contributed by atoms with Crippen LogP contribution in [0.3, 0.4) is 0 Å². The summed E-state index contributed by atoms with van der Waals surface area (Å²) in [5.41, 5.74) is 3.60. The summed E-state index contributed by atoms with van der Waals surface area (Å²) in [5, 5.41) is 11.1. The molecule has 0 spiro atoms. The molecule has 0 saturated heterocycles. The quantitative estimate of drug-likeness (QED) is 0.654. The van der Waals surface area contributed by atoms with Crippen molar-refractivity contribution >= 4 is 5.96 Å². The monoisotopic (exact) mass is 303 g/mol. The Hall–Kier alpha value is -2.24. The molecule has 2 N–H and O–H groups in total. The molecule has 0 aromatic carbocycles. The van der Waals surface area contributed by atoms with Crippen molar-refractivity contribution in [3.05, 3.63) is 41.1 Å². The molecule has 2 rings (SSSR count). The van der Waals surface area contributed by atoms with Crippen molar-refractivity contribution < 1.29 is 4.42 Å². The average molecular weight is 303 g/mol. The van der Waals surface area contributed by atoms with Crippen molar-refractivity contribution in [2.75, 3.05) is 7.05 Å². The highest BCUT2D eigenvalue weighted by Crippen LogP contribution is 2.14. The first kappa shape index (κ1) is 16.1. The summed E-state index contributed by atoms with van der Waals surface area (Å²) in [6, 6.07) is 4.07. The molecule has 1 atom stereocenters. The lowest BCUT2D eigenvalue weighted by atomic mass is 10.1. The van der Waals surface area contributed by atoms with Gasteiger partial charge in [0.25, 0.3) is 0 Å². The Kier molecular flexibility index (Phi) is 5.25. The van der Waals surface area contributed by atoms with E-state index in [4.69, 9.17) is 4.42 Å². The molecule has 0 saturated carbocycles. The highest BCUT2D eigenvalue weighted by molar-refractivity contribution is 5.79. The van der Waals surface area contributed by atoms with E-state index in [-0.39, 0.29) is 6.04 Å². The van der Waals surface area contributed by atoms with E-state index in [0.29, 0.717) is 6.54 Å². The van der Waals surface area contributed by atoms with Crippen LogP contribution in [-0.2, 0) is 20.0 Å². The molecule has 0 amide bonds. The second-order valence-electron chi connectivity index (χ2n) is 5.53. The van der Waals surface area contributed by atoms with Gasteiger partial charge >= 0.3 is 0 Å². The Morgan fingerprint density at radius 1 is 1.45 bits per heavy atom. The summed E-state index contributed by atoms with van der Waals surface area (Å²) in [6.07, 6.45) is 2.58. The number of aromatic nitrogens is 2. The zero-order valence-corrected chi connectivity index (χ0v) is 14.0. The molecule has 22 heavy (non-hydrogen) atoms. The molecule has 0 aliphatic heterocycles. The van der Waals surface area contributed by atoms with Crippen molar-refractivity contribution in [2.24, 2.45) is 12.0 Å². The Labute approximate surface area is 131 Å². The van der Waals surface area contributed by atoms with Gasteiger partial charge in [0.05, 0.1) is 18.5 Å². The lowest BCUT2D eigenvalue weighted by Crippen LogP contribution is -2.42. The van der Waals surface area contributed by atoms with Gasteiger partial charge in [-0.1, -0.05) is 0 Å². The topological polar surface area (TPSA) is 67.4 Å². The molecule has 2 aromatic heterocycles. The van der Waals surface area contributed by atoms with Gasteiger partial charge in [-0.3, -0.25) is 9.67 Å². The van der Waals surface area contributed by atoms with Gasteiger partial charge in [-0.25, -0.2) is 0 Å². The fourth-order valence-electron chi connectivity index (χ4n) is 2.48. The standard InChI is InChI=1S/C16H25N5O/c1-11(9-15-12(2)20-21(5)13(15)3)19-16(17-4)18-10-14-7-6-8-22-14/h6-8,11H,9-10H2,1-5H3,(H2,17,18,19). The van der Waals surface area contributed by atoms with Crippen molar-refractivity contribution in [3.63, 3.8) is 0 Å². The van der Waals surface area contributed by atoms with Gasteiger partial charge in [0.2, 0.25) is 0 Å². The van der Waals surface area contributed by atoms with E-state index in [1.54, 1.807) is 13.3 Å². The van der Waals surface area contributed by atoms with Crippen molar-refractivity contribution in [1.29, 1.82) is 0 Å². The van der Waals surface area contributed by atoms with Gasteiger partial charge in [0.15, 0.2) is 5.96 Å². The average Bonchev–Trinajstić information content (AvgIpc) is 3.08. The first-order valence-corrected chi connectivity index (χ1v) is 7.50. The summed E-state index contributed by atoms with van der Waals surface area (Å²) < 4.78 is 7.24. The van der Waals surface area contributed by atoms with Crippen LogP contribution in [0.1, 0.15) is 29.6 Å². The van der Waals surface area contributed by atoms with E-state index < -0.39 is 0 Å². The van der Waals surface area contributed by atoms with Gasteiger partial charge in [0, 0.05) is 25.8 Å². The summed E-state index contributed by atoms with van der Waals surface area (Å²) in [4.78, 5) is 4.25. The minimum atomic E-state index is 0.254. The van der Waals surface area contributed by atoms with E-state index in [0.717, 1.165) is 23.8 Å². The molecular weight excluding hydrogens is 278 g/mol. The first-order valence-electron chi connectivity index (χ1n) is 7.50. The number of guanidine groups is 1. The number of aryl methyl sites for hydroxylation is 2. The number of hydrogen-bond donors (Lipinski definition) is 2.